The Labute approximate surface area is 145 Å². The third-order valence-electron chi connectivity index (χ3n) is 4.63. The summed E-state index contributed by atoms with van der Waals surface area (Å²) in [6, 6.07) is 20.0. The first-order chi connectivity index (χ1) is 12.3. The van der Waals surface area contributed by atoms with E-state index >= 15 is 0 Å². The summed E-state index contributed by atoms with van der Waals surface area (Å²) < 4.78 is 0. The van der Waals surface area contributed by atoms with Crippen LogP contribution >= 0.6 is 0 Å². The Bertz CT molecular complexity index is 856. The summed E-state index contributed by atoms with van der Waals surface area (Å²) in [6.07, 6.45) is 2.22. The molecule has 1 saturated carbocycles. The Balaban J connectivity index is 1.35. The van der Waals surface area contributed by atoms with Crippen LogP contribution in [-0.4, -0.2) is 32.7 Å². The number of nitrogens with one attached hydrogen (secondary N) is 1. The molecule has 6 nitrogen and oxygen atoms in total. The maximum absolute atomic E-state index is 12.2. The van der Waals surface area contributed by atoms with Gasteiger partial charge in [-0.15, -0.1) is 10.2 Å². The zero-order chi connectivity index (χ0) is 17.1. The molecular weight excluding hydrogens is 314 g/mol. The second-order valence-corrected chi connectivity index (χ2v) is 6.43. The van der Waals surface area contributed by atoms with Crippen molar-refractivity contribution in [2.45, 2.75) is 24.8 Å². The number of tetrazole rings is 1. The van der Waals surface area contributed by atoms with Crippen LogP contribution in [0.2, 0.25) is 0 Å². The van der Waals surface area contributed by atoms with Crippen LogP contribution in [0.5, 0.6) is 0 Å². The standard InChI is InChI=1S/C19H19N5O/c25-17(20-14-19(11-12-19)16-9-5-2-6-10-16)13-24-22-18(21-23-24)15-7-3-1-4-8-15/h1-10H,11-14H2,(H,20,25). The van der Waals surface area contributed by atoms with Gasteiger partial charge < -0.3 is 5.32 Å². The summed E-state index contributed by atoms with van der Waals surface area (Å²) in [6.45, 7) is 0.723. The Kier molecular flexibility index (Phi) is 4.01. The predicted octanol–water partition coefficient (Wildman–Crippen LogP) is 2.19. The van der Waals surface area contributed by atoms with Gasteiger partial charge in [0.25, 0.3) is 0 Å². The van der Waals surface area contributed by atoms with Gasteiger partial charge in [-0.25, -0.2) is 0 Å². The van der Waals surface area contributed by atoms with E-state index in [1.54, 1.807) is 0 Å². The summed E-state index contributed by atoms with van der Waals surface area (Å²) in [5.41, 5.74) is 2.28. The van der Waals surface area contributed by atoms with Crippen LogP contribution in [-0.2, 0) is 16.8 Å². The summed E-state index contributed by atoms with van der Waals surface area (Å²) in [7, 11) is 0. The highest BCUT2D eigenvalue weighted by Crippen LogP contribution is 2.47. The lowest BCUT2D eigenvalue weighted by molar-refractivity contribution is -0.122. The van der Waals surface area contributed by atoms with Crippen molar-refractivity contribution in [1.29, 1.82) is 0 Å². The SMILES string of the molecule is O=C(Cn1nnc(-c2ccccc2)n1)NCC1(c2ccccc2)CC1. The van der Waals surface area contributed by atoms with Crippen LogP contribution in [0.1, 0.15) is 18.4 Å². The van der Waals surface area contributed by atoms with Crippen molar-refractivity contribution in [2.75, 3.05) is 6.54 Å². The van der Waals surface area contributed by atoms with Crippen LogP contribution in [0.15, 0.2) is 60.7 Å². The highest BCUT2D eigenvalue weighted by atomic mass is 16.2. The quantitative estimate of drug-likeness (QED) is 0.750. The Morgan fingerprint density at radius 2 is 1.72 bits per heavy atom. The molecule has 1 heterocycles. The largest absolute Gasteiger partial charge is 0.354 e. The predicted molar refractivity (Wildman–Crippen MR) is 93.6 cm³/mol. The average molecular weight is 333 g/mol. The lowest BCUT2D eigenvalue weighted by Gasteiger charge is -2.16. The number of hydrogen-bond donors (Lipinski definition) is 1. The van der Waals surface area contributed by atoms with Crippen LogP contribution < -0.4 is 5.32 Å². The van der Waals surface area contributed by atoms with E-state index in [-0.39, 0.29) is 17.9 Å². The van der Waals surface area contributed by atoms with Crippen molar-refractivity contribution in [3.8, 4) is 11.4 Å². The van der Waals surface area contributed by atoms with Crippen LogP contribution in [0.4, 0.5) is 0 Å². The number of rotatable bonds is 6. The fourth-order valence-corrected chi connectivity index (χ4v) is 2.98. The van der Waals surface area contributed by atoms with Gasteiger partial charge in [-0.3, -0.25) is 4.79 Å². The average Bonchev–Trinajstić information content (AvgIpc) is 3.33. The molecule has 1 fully saturated rings. The van der Waals surface area contributed by atoms with Crippen molar-refractivity contribution in [1.82, 2.24) is 25.5 Å². The molecule has 3 aromatic rings. The minimum Gasteiger partial charge on any atom is -0.354 e. The Morgan fingerprint density at radius 3 is 2.40 bits per heavy atom. The maximum atomic E-state index is 12.2. The molecule has 0 aliphatic heterocycles. The molecule has 126 valence electrons. The van der Waals surface area contributed by atoms with Gasteiger partial charge in [-0.2, -0.15) is 4.80 Å². The lowest BCUT2D eigenvalue weighted by atomic mass is 9.96. The van der Waals surface area contributed by atoms with Crippen LogP contribution in [0.3, 0.4) is 0 Å². The second kappa shape index (κ2) is 6.47. The molecule has 0 unspecified atom stereocenters. The Morgan fingerprint density at radius 1 is 1.04 bits per heavy atom. The molecule has 1 aliphatic carbocycles. The summed E-state index contributed by atoms with van der Waals surface area (Å²) in [5, 5.41) is 15.3. The first-order valence-electron chi connectivity index (χ1n) is 8.41. The number of amides is 1. The fourth-order valence-electron chi connectivity index (χ4n) is 2.98. The molecule has 1 aromatic heterocycles. The van der Waals surface area contributed by atoms with E-state index in [9.17, 15) is 4.79 Å². The van der Waals surface area contributed by atoms with Gasteiger partial charge in [0, 0.05) is 17.5 Å². The van der Waals surface area contributed by atoms with Gasteiger partial charge >= 0.3 is 0 Å². The number of benzene rings is 2. The smallest absolute Gasteiger partial charge is 0.243 e. The number of carbonyl (C=O) groups is 1. The lowest BCUT2D eigenvalue weighted by Crippen LogP contribution is -2.35. The molecule has 0 atom stereocenters. The van der Waals surface area contributed by atoms with E-state index in [1.807, 2.05) is 48.5 Å². The normalized spacial score (nSPS) is 14.9. The highest BCUT2D eigenvalue weighted by molar-refractivity contribution is 5.75. The van der Waals surface area contributed by atoms with E-state index in [2.05, 4.69) is 32.9 Å². The summed E-state index contributed by atoms with van der Waals surface area (Å²) in [5.74, 6) is 0.426. The molecule has 0 radical (unpaired) electrons. The molecule has 6 heteroatoms. The van der Waals surface area contributed by atoms with E-state index in [0.717, 1.165) is 18.4 Å². The molecule has 2 aromatic carbocycles. The highest BCUT2D eigenvalue weighted by Gasteiger charge is 2.44. The number of carbonyl (C=O) groups excluding carboxylic acids is 1. The minimum absolute atomic E-state index is 0.0741. The van der Waals surface area contributed by atoms with Crippen molar-refractivity contribution < 1.29 is 4.79 Å². The van der Waals surface area contributed by atoms with Gasteiger partial charge in [0.15, 0.2) is 0 Å². The summed E-state index contributed by atoms with van der Waals surface area (Å²) >= 11 is 0. The van der Waals surface area contributed by atoms with E-state index < -0.39 is 0 Å². The molecular formula is C19H19N5O. The minimum atomic E-state index is -0.0979. The van der Waals surface area contributed by atoms with Crippen molar-refractivity contribution in [3.05, 3.63) is 66.2 Å². The molecule has 25 heavy (non-hydrogen) atoms. The molecule has 0 bridgehead atoms. The van der Waals surface area contributed by atoms with Crippen molar-refractivity contribution in [3.63, 3.8) is 0 Å². The van der Waals surface area contributed by atoms with Gasteiger partial charge in [-0.05, 0) is 23.6 Å². The third kappa shape index (κ3) is 3.42. The molecule has 0 spiro atoms. The van der Waals surface area contributed by atoms with Gasteiger partial charge in [0.1, 0.15) is 6.54 Å². The second-order valence-electron chi connectivity index (χ2n) is 6.43. The van der Waals surface area contributed by atoms with Crippen LogP contribution in [0.25, 0.3) is 11.4 Å². The third-order valence-corrected chi connectivity index (χ3v) is 4.63. The van der Waals surface area contributed by atoms with Gasteiger partial charge in [0.05, 0.1) is 0 Å². The van der Waals surface area contributed by atoms with Crippen molar-refractivity contribution in [2.24, 2.45) is 0 Å². The Hall–Kier alpha value is -3.02. The van der Waals surface area contributed by atoms with E-state index in [4.69, 9.17) is 0 Å². The monoisotopic (exact) mass is 333 g/mol. The molecule has 1 aliphatic rings. The first kappa shape index (κ1) is 15.5. The van der Waals surface area contributed by atoms with Gasteiger partial charge in [0.2, 0.25) is 11.7 Å². The number of hydrogen-bond acceptors (Lipinski definition) is 4. The van der Waals surface area contributed by atoms with E-state index in [1.165, 1.54) is 10.4 Å². The molecule has 0 saturated heterocycles. The van der Waals surface area contributed by atoms with Gasteiger partial charge in [-0.1, -0.05) is 60.7 Å². The molecule has 1 N–H and O–H groups in total. The maximum Gasteiger partial charge on any atom is 0.243 e. The molecule has 4 rings (SSSR count). The van der Waals surface area contributed by atoms with Crippen molar-refractivity contribution >= 4 is 5.91 Å². The zero-order valence-electron chi connectivity index (χ0n) is 13.8. The van der Waals surface area contributed by atoms with Crippen LogP contribution in [0, 0.1) is 0 Å². The summed E-state index contributed by atoms with van der Waals surface area (Å²) in [4.78, 5) is 13.6. The zero-order valence-corrected chi connectivity index (χ0v) is 13.8. The number of nitrogens with zero attached hydrogens (tertiary/aromatic N) is 4. The molecule has 1 amide bonds. The fraction of sp³-hybridized carbons (Fsp3) is 0.263. The topological polar surface area (TPSA) is 72.7 Å². The van der Waals surface area contributed by atoms with E-state index in [0.29, 0.717) is 12.4 Å². The number of aromatic nitrogens is 4. The first-order valence-corrected chi connectivity index (χ1v) is 8.41.